The van der Waals surface area contributed by atoms with Crippen molar-refractivity contribution in [3.8, 4) is 5.75 Å². The molecule has 0 aliphatic heterocycles. The van der Waals surface area contributed by atoms with Crippen LogP contribution >= 0.6 is 15.9 Å². The van der Waals surface area contributed by atoms with Gasteiger partial charge in [-0.05, 0) is 48.0 Å². The van der Waals surface area contributed by atoms with Gasteiger partial charge in [-0.25, -0.2) is 4.98 Å². The van der Waals surface area contributed by atoms with Gasteiger partial charge in [-0.2, -0.15) is 0 Å². The third-order valence-electron chi connectivity index (χ3n) is 4.24. The maximum absolute atomic E-state index is 12.5. The van der Waals surface area contributed by atoms with E-state index in [0.717, 1.165) is 21.4 Å². The van der Waals surface area contributed by atoms with E-state index in [9.17, 15) is 4.79 Å². The van der Waals surface area contributed by atoms with Crippen LogP contribution < -0.4 is 10.1 Å². The van der Waals surface area contributed by atoms with Crippen LogP contribution in [0.25, 0.3) is 5.65 Å². The molecule has 2 aromatic heterocycles. The lowest BCUT2D eigenvalue weighted by Crippen LogP contribution is -2.22. The minimum Gasteiger partial charge on any atom is -0.487 e. The van der Waals surface area contributed by atoms with Crippen molar-refractivity contribution in [2.24, 2.45) is 0 Å². The summed E-state index contributed by atoms with van der Waals surface area (Å²) in [5, 5.41) is 2.93. The topological polar surface area (TPSA) is 55.6 Å². The van der Waals surface area contributed by atoms with Crippen LogP contribution in [0.2, 0.25) is 0 Å². The Hall–Kier alpha value is -3.12. The Bertz CT molecular complexity index is 1090. The highest BCUT2D eigenvalue weighted by Crippen LogP contribution is 2.16. The number of nitrogens with one attached hydrogen (secondary N) is 1. The van der Waals surface area contributed by atoms with Crippen molar-refractivity contribution < 1.29 is 9.53 Å². The summed E-state index contributed by atoms with van der Waals surface area (Å²) < 4.78 is 8.77. The zero-order chi connectivity index (χ0) is 19.3. The average Bonchev–Trinajstić information content (AvgIpc) is 3.14. The average molecular weight is 436 g/mol. The van der Waals surface area contributed by atoms with Crippen molar-refractivity contribution in [3.05, 3.63) is 100 Å². The second-order valence-corrected chi connectivity index (χ2v) is 7.24. The number of hydrogen-bond acceptors (Lipinski definition) is 3. The molecule has 2 heterocycles. The fourth-order valence-corrected chi connectivity index (χ4v) is 3.32. The summed E-state index contributed by atoms with van der Waals surface area (Å²) >= 11 is 3.44. The first-order chi connectivity index (χ1) is 13.7. The summed E-state index contributed by atoms with van der Waals surface area (Å²) in [6.45, 7) is 0.801. The summed E-state index contributed by atoms with van der Waals surface area (Å²) in [5.41, 5.74) is 3.29. The first-order valence-corrected chi connectivity index (χ1v) is 9.65. The number of imidazole rings is 1. The van der Waals surface area contributed by atoms with Crippen LogP contribution in [0.1, 0.15) is 21.6 Å². The van der Waals surface area contributed by atoms with Gasteiger partial charge in [0, 0.05) is 29.0 Å². The van der Waals surface area contributed by atoms with Crippen molar-refractivity contribution >= 4 is 27.5 Å². The van der Waals surface area contributed by atoms with E-state index in [1.165, 1.54) is 0 Å². The Labute approximate surface area is 171 Å². The highest BCUT2D eigenvalue weighted by Gasteiger charge is 2.08. The second-order valence-electron chi connectivity index (χ2n) is 6.33. The number of fused-ring (bicyclic) bond motifs is 1. The Morgan fingerprint density at radius 2 is 1.96 bits per heavy atom. The Morgan fingerprint density at radius 3 is 2.82 bits per heavy atom. The van der Waals surface area contributed by atoms with Crippen molar-refractivity contribution in [2.75, 3.05) is 0 Å². The molecule has 1 amide bonds. The van der Waals surface area contributed by atoms with Crippen LogP contribution in [0.3, 0.4) is 0 Å². The standard InChI is InChI=1S/C22H18BrN3O2/c23-18-7-3-5-16(11-18)13-24-22(27)17-6-4-8-20(12-17)28-15-19-14-26-10-2-1-9-21(26)25-19/h1-12,14H,13,15H2,(H,24,27). The first kappa shape index (κ1) is 18.3. The number of pyridine rings is 1. The largest absolute Gasteiger partial charge is 0.487 e. The van der Waals surface area contributed by atoms with Gasteiger partial charge in [0.25, 0.3) is 5.91 Å². The maximum Gasteiger partial charge on any atom is 0.251 e. The van der Waals surface area contributed by atoms with Crippen molar-refractivity contribution in [3.63, 3.8) is 0 Å². The highest BCUT2D eigenvalue weighted by atomic mass is 79.9. The molecule has 0 bridgehead atoms. The molecule has 0 saturated heterocycles. The molecule has 5 nitrogen and oxygen atoms in total. The number of amides is 1. The van der Waals surface area contributed by atoms with E-state index in [2.05, 4.69) is 26.2 Å². The molecule has 0 atom stereocenters. The van der Waals surface area contributed by atoms with Crippen LogP contribution in [0, 0.1) is 0 Å². The van der Waals surface area contributed by atoms with Gasteiger partial charge < -0.3 is 14.5 Å². The number of aromatic nitrogens is 2. The highest BCUT2D eigenvalue weighted by molar-refractivity contribution is 9.10. The van der Waals surface area contributed by atoms with Gasteiger partial charge in [0.1, 0.15) is 18.0 Å². The number of nitrogens with zero attached hydrogens (tertiary/aromatic N) is 2. The molecule has 0 aliphatic rings. The summed E-state index contributed by atoms with van der Waals surface area (Å²) in [4.78, 5) is 17.0. The van der Waals surface area contributed by atoms with E-state index in [0.29, 0.717) is 24.5 Å². The van der Waals surface area contributed by atoms with Crippen LogP contribution in [0.4, 0.5) is 0 Å². The number of rotatable bonds is 6. The molecule has 0 radical (unpaired) electrons. The molecule has 140 valence electrons. The van der Waals surface area contributed by atoms with Gasteiger partial charge in [0.15, 0.2) is 0 Å². The smallest absolute Gasteiger partial charge is 0.251 e. The summed E-state index contributed by atoms with van der Waals surface area (Å²) in [5.74, 6) is 0.491. The van der Waals surface area contributed by atoms with E-state index in [4.69, 9.17) is 4.74 Å². The minimum atomic E-state index is -0.141. The number of benzene rings is 2. The lowest BCUT2D eigenvalue weighted by atomic mass is 10.2. The third kappa shape index (κ3) is 4.40. The minimum absolute atomic E-state index is 0.141. The number of halogens is 1. The zero-order valence-corrected chi connectivity index (χ0v) is 16.6. The zero-order valence-electron chi connectivity index (χ0n) is 15.0. The predicted molar refractivity (Wildman–Crippen MR) is 111 cm³/mol. The van der Waals surface area contributed by atoms with Gasteiger partial charge in [0.05, 0.1) is 5.69 Å². The first-order valence-electron chi connectivity index (χ1n) is 8.85. The normalized spacial score (nSPS) is 10.8. The molecule has 0 fully saturated rings. The molecule has 0 unspecified atom stereocenters. The summed E-state index contributed by atoms with van der Waals surface area (Å²) in [6, 6.07) is 20.9. The van der Waals surface area contributed by atoms with Crippen LogP contribution in [-0.2, 0) is 13.2 Å². The molecule has 0 saturated carbocycles. The van der Waals surface area contributed by atoms with E-state index >= 15 is 0 Å². The lowest BCUT2D eigenvalue weighted by Gasteiger charge is -2.08. The van der Waals surface area contributed by atoms with E-state index in [-0.39, 0.29) is 5.91 Å². The third-order valence-corrected chi connectivity index (χ3v) is 4.73. The molecule has 4 aromatic rings. The monoisotopic (exact) mass is 435 g/mol. The molecular weight excluding hydrogens is 418 g/mol. The van der Waals surface area contributed by atoms with Crippen LogP contribution in [0.5, 0.6) is 5.75 Å². The summed E-state index contributed by atoms with van der Waals surface area (Å²) in [6.07, 6.45) is 3.88. The van der Waals surface area contributed by atoms with Gasteiger partial charge in [-0.1, -0.05) is 40.2 Å². The molecule has 6 heteroatoms. The Balaban J connectivity index is 1.38. The number of hydrogen-bond donors (Lipinski definition) is 1. The second kappa shape index (κ2) is 8.27. The van der Waals surface area contributed by atoms with Crippen molar-refractivity contribution in [1.29, 1.82) is 0 Å². The molecule has 0 spiro atoms. The lowest BCUT2D eigenvalue weighted by molar-refractivity contribution is 0.0950. The number of carbonyl (C=O) groups is 1. The van der Waals surface area contributed by atoms with Crippen molar-refractivity contribution in [1.82, 2.24) is 14.7 Å². The molecule has 4 rings (SSSR count). The summed E-state index contributed by atoms with van der Waals surface area (Å²) in [7, 11) is 0. The fraction of sp³-hybridized carbons (Fsp3) is 0.0909. The number of ether oxygens (including phenoxy) is 1. The van der Waals surface area contributed by atoms with Gasteiger partial charge in [0.2, 0.25) is 0 Å². The molecule has 2 aromatic carbocycles. The number of carbonyl (C=O) groups excluding carboxylic acids is 1. The molecule has 0 aliphatic carbocycles. The van der Waals surface area contributed by atoms with Crippen LogP contribution in [0.15, 0.2) is 83.6 Å². The van der Waals surface area contributed by atoms with Gasteiger partial charge >= 0.3 is 0 Å². The fourth-order valence-electron chi connectivity index (χ4n) is 2.87. The predicted octanol–water partition coefficient (Wildman–Crippen LogP) is 4.61. The van der Waals surface area contributed by atoms with E-state index in [1.807, 2.05) is 71.4 Å². The molecular formula is C22H18BrN3O2. The molecule has 1 N–H and O–H groups in total. The Morgan fingerprint density at radius 1 is 1.07 bits per heavy atom. The SMILES string of the molecule is O=C(NCc1cccc(Br)c1)c1cccc(OCc2cn3ccccc3n2)c1. The maximum atomic E-state index is 12.5. The van der Waals surface area contributed by atoms with Crippen LogP contribution in [-0.4, -0.2) is 15.3 Å². The molecule has 28 heavy (non-hydrogen) atoms. The van der Waals surface area contributed by atoms with Crippen molar-refractivity contribution in [2.45, 2.75) is 13.2 Å². The van der Waals surface area contributed by atoms with Gasteiger partial charge in [-0.15, -0.1) is 0 Å². The Kier molecular flexibility index (Phi) is 5.39. The van der Waals surface area contributed by atoms with E-state index < -0.39 is 0 Å². The van der Waals surface area contributed by atoms with E-state index in [1.54, 1.807) is 12.1 Å². The van der Waals surface area contributed by atoms with Gasteiger partial charge in [-0.3, -0.25) is 4.79 Å². The quantitative estimate of drug-likeness (QED) is 0.481.